The highest BCUT2D eigenvalue weighted by Gasteiger charge is 2.15. The van der Waals surface area contributed by atoms with Gasteiger partial charge in [0, 0.05) is 4.97 Å². The maximum Gasteiger partial charge on any atom is 0.0768 e. The lowest BCUT2D eigenvalue weighted by molar-refractivity contribution is -0.707. The Morgan fingerprint density at radius 3 is 2.12 bits per heavy atom. The van der Waals surface area contributed by atoms with E-state index in [0.717, 1.165) is 25.9 Å². The van der Waals surface area contributed by atoms with Crippen molar-refractivity contribution in [2.75, 3.05) is 13.1 Å². The fourth-order valence-electron chi connectivity index (χ4n) is 0.882. The van der Waals surface area contributed by atoms with Gasteiger partial charge in [-0.25, -0.2) is 0 Å². The third-order valence-corrected chi connectivity index (χ3v) is 1.34. The van der Waals surface area contributed by atoms with E-state index in [1.165, 1.54) is 5.01 Å². The predicted octanol–water partition coefficient (Wildman–Crippen LogP) is 0.538. The van der Waals surface area contributed by atoms with Crippen molar-refractivity contribution in [3.05, 3.63) is 5.21 Å². The van der Waals surface area contributed by atoms with E-state index in [0.29, 0.717) is 0 Å². The molecule has 1 N–H and O–H groups in total. The van der Waals surface area contributed by atoms with Crippen molar-refractivity contribution >= 4 is 0 Å². The molecule has 1 rings (SSSR count). The van der Waals surface area contributed by atoms with E-state index in [-0.39, 0.29) is 4.97 Å². The first kappa shape index (κ1) is 5.34. The monoisotopic (exact) mass is 115 g/mol. The predicted molar refractivity (Wildman–Crippen MR) is 27.2 cm³/mol. The van der Waals surface area contributed by atoms with Crippen molar-refractivity contribution in [3.63, 3.8) is 0 Å². The fraction of sp³-hybridized carbons (Fsp3) is 1.00. The molecular weight excluding hydrogens is 106 g/mol. The van der Waals surface area contributed by atoms with Crippen LogP contribution in [0.1, 0.15) is 12.8 Å². The largest absolute Gasteiger partial charge is 0.572 e. The van der Waals surface area contributed by atoms with Gasteiger partial charge in [0.2, 0.25) is 0 Å². The lowest BCUT2D eigenvalue weighted by Gasteiger charge is -2.08. The summed E-state index contributed by atoms with van der Waals surface area (Å²) >= 11 is 0. The van der Waals surface area contributed by atoms with Gasteiger partial charge in [0.15, 0.2) is 0 Å². The molecule has 0 aromatic rings. The molecule has 0 aromatic heterocycles. The first-order chi connectivity index (χ1) is 3.80. The van der Waals surface area contributed by atoms with Gasteiger partial charge in [-0.3, -0.25) is 0 Å². The molecule has 0 saturated carbocycles. The summed E-state index contributed by atoms with van der Waals surface area (Å²) < 4.78 is 0. The van der Waals surface area contributed by atoms with Gasteiger partial charge in [-0.1, -0.05) is 0 Å². The highest BCUT2D eigenvalue weighted by molar-refractivity contribution is 4.55. The van der Waals surface area contributed by atoms with Crippen molar-refractivity contribution < 1.29 is 4.97 Å². The standard InChI is InChI=1S/C4H9N3O/c5-7(8)6-3-1-2-4-6/h5H,1-4H2. The van der Waals surface area contributed by atoms with Gasteiger partial charge < -0.3 is 5.21 Å². The zero-order valence-electron chi connectivity index (χ0n) is 4.63. The second kappa shape index (κ2) is 1.98. The molecule has 0 bridgehead atoms. The van der Waals surface area contributed by atoms with Gasteiger partial charge in [-0.15, -0.1) is 5.01 Å². The molecule has 0 unspecified atom stereocenters. The van der Waals surface area contributed by atoms with E-state index >= 15 is 0 Å². The summed E-state index contributed by atoms with van der Waals surface area (Å²) in [6, 6.07) is 0. The molecule has 0 aliphatic carbocycles. The first-order valence-corrected chi connectivity index (χ1v) is 2.74. The minimum absolute atomic E-state index is 0.174. The Balaban J connectivity index is 2.35. The lowest BCUT2D eigenvalue weighted by Crippen LogP contribution is -2.25. The summed E-state index contributed by atoms with van der Waals surface area (Å²) in [6.45, 7) is 1.51. The third-order valence-electron chi connectivity index (χ3n) is 1.34. The second-order valence-electron chi connectivity index (χ2n) is 1.93. The van der Waals surface area contributed by atoms with Gasteiger partial charge in [0.25, 0.3) is 0 Å². The summed E-state index contributed by atoms with van der Waals surface area (Å²) in [4.78, 5) is 0.174. The van der Waals surface area contributed by atoms with Crippen molar-refractivity contribution in [2.45, 2.75) is 12.8 Å². The third kappa shape index (κ3) is 0.882. The Hall–Kier alpha value is -0.800. The molecule has 0 aromatic carbocycles. The van der Waals surface area contributed by atoms with Crippen LogP contribution in [0.4, 0.5) is 0 Å². The van der Waals surface area contributed by atoms with E-state index in [9.17, 15) is 5.21 Å². The number of nitrogens with zero attached hydrogens (tertiary/aromatic N) is 2. The summed E-state index contributed by atoms with van der Waals surface area (Å²) in [5, 5.41) is 11.6. The van der Waals surface area contributed by atoms with Crippen LogP contribution in [0.3, 0.4) is 0 Å². The molecule has 4 nitrogen and oxygen atoms in total. The summed E-state index contributed by atoms with van der Waals surface area (Å²) in [5.41, 5.74) is 6.58. The molecule has 1 heterocycles. The minimum atomic E-state index is 0.174. The molecule has 8 heavy (non-hydrogen) atoms. The SMILES string of the molecule is N=[N+]([O-])N1CCCC1. The van der Waals surface area contributed by atoms with Crippen LogP contribution in [0.5, 0.6) is 0 Å². The number of hydrazine groups is 1. The van der Waals surface area contributed by atoms with Crippen LogP contribution in [-0.2, 0) is 0 Å². The molecule has 4 heteroatoms. The van der Waals surface area contributed by atoms with Crippen molar-refractivity contribution in [2.24, 2.45) is 0 Å². The van der Waals surface area contributed by atoms with Crippen molar-refractivity contribution in [3.8, 4) is 0 Å². The number of nitrogens with one attached hydrogen (secondary N) is 1. The number of hydrogen-bond donors (Lipinski definition) is 1. The van der Waals surface area contributed by atoms with Crippen molar-refractivity contribution in [1.29, 1.82) is 5.53 Å². The minimum Gasteiger partial charge on any atom is -0.572 e. The zero-order chi connectivity index (χ0) is 5.98. The molecule has 1 saturated heterocycles. The van der Waals surface area contributed by atoms with E-state index in [1.807, 2.05) is 0 Å². The second-order valence-corrected chi connectivity index (χ2v) is 1.93. The van der Waals surface area contributed by atoms with E-state index < -0.39 is 0 Å². The zero-order valence-corrected chi connectivity index (χ0v) is 4.63. The molecule has 46 valence electrons. The Labute approximate surface area is 47.8 Å². The smallest absolute Gasteiger partial charge is 0.0768 e. The molecule has 0 spiro atoms. The Bertz CT molecular complexity index is 97.5. The van der Waals surface area contributed by atoms with Crippen molar-refractivity contribution in [1.82, 2.24) is 5.01 Å². The maximum atomic E-state index is 10.2. The number of hydrogen-bond acceptors (Lipinski definition) is 2. The van der Waals surface area contributed by atoms with E-state index in [1.54, 1.807) is 0 Å². The fourth-order valence-corrected chi connectivity index (χ4v) is 0.882. The van der Waals surface area contributed by atoms with Crippen LogP contribution in [-0.4, -0.2) is 23.1 Å². The number of rotatable bonds is 1. The van der Waals surface area contributed by atoms with Gasteiger partial charge in [0.05, 0.1) is 13.1 Å². The molecule has 0 radical (unpaired) electrons. The van der Waals surface area contributed by atoms with Crippen LogP contribution in [0.2, 0.25) is 0 Å². The van der Waals surface area contributed by atoms with E-state index in [4.69, 9.17) is 5.53 Å². The Kier molecular flexibility index (Phi) is 1.32. The summed E-state index contributed by atoms with van der Waals surface area (Å²) in [6.07, 6.45) is 2.11. The molecule has 1 fully saturated rings. The topological polar surface area (TPSA) is 53.2 Å². The van der Waals surface area contributed by atoms with E-state index in [2.05, 4.69) is 0 Å². The van der Waals surface area contributed by atoms with Crippen LogP contribution < -0.4 is 0 Å². The lowest BCUT2D eigenvalue weighted by atomic mass is 10.4. The Morgan fingerprint density at radius 2 is 1.88 bits per heavy atom. The summed E-state index contributed by atoms with van der Waals surface area (Å²) in [7, 11) is 0. The normalized spacial score (nSPS) is 19.2. The van der Waals surface area contributed by atoms with Gasteiger partial charge in [0.1, 0.15) is 0 Å². The molecule has 1 aliphatic rings. The van der Waals surface area contributed by atoms with Crippen LogP contribution >= 0.6 is 0 Å². The van der Waals surface area contributed by atoms with Gasteiger partial charge in [-0.05, 0) is 18.4 Å². The Morgan fingerprint density at radius 1 is 1.38 bits per heavy atom. The molecule has 1 aliphatic heterocycles. The van der Waals surface area contributed by atoms with Gasteiger partial charge >= 0.3 is 0 Å². The van der Waals surface area contributed by atoms with Crippen LogP contribution in [0.15, 0.2) is 0 Å². The molecular formula is C4H9N3O. The summed E-state index contributed by atoms with van der Waals surface area (Å²) in [5.74, 6) is 0. The highest BCUT2D eigenvalue weighted by Crippen LogP contribution is 2.05. The average Bonchev–Trinajstić information content (AvgIpc) is 2.12. The molecule has 0 atom stereocenters. The maximum absolute atomic E-state index is 10.2. The van der Waals surface area contributed by atoms with Gasteiger partial charge in [-0.2, -0.15) is 0 Å². The molecule has 0 amide bonds. The average molecular weight is 115 g/mol. The van der Waals surface area contributed by atoms with Crippen LogP contribution in [0, 0.1) is 10.7 Å². The first-order valence-electron chi connectivity index (χ1n) is 2.74. The highest BCUT2D eigenvalue weighted by atomic mass is 16.5. The quantitative estimate of drug-likeness (QED) is 0.308. The van der Waals surface area contributed by atoms with Crippen LogP contribution in [0.25, 0.3) is 0 Å².